The molecule has 0 aliphatic heterocycles. The van der Waals surface area contributed by atoms with Crippen molar-refractivity contribution >= 4 is 13.7 Å². The monoisotopic (exact) mass is 1100 g/mol. The van der Waals surface area contributed by atoms with E-state index < -0.39 is 26.6 Å². The summed E-state index contributed by atoms with van der Waals surface area (Å²) in [6.07, 6.45) is 82.6. The number of phosphoric acid groups is 1. The highest BCUT2D eigenvalue weighted by molar-refractivity contribution is 7.45. The van der Waals surface area contributed by atoms with Crippen molar-refractivity contribution in [3.63, 3.8) is 0 Å². The van der Waals surface area contributed by atoms with Gasteiger partial charge in [0.05, 0.1) is 39.9 Å². The molecule has 0 aliphatic rings. The molecule has 2 N–H and O–H groups in total. The Balaban J connectivity index is 4.18. The molecule has 3 unspecified atom stereocenters. The first kappa shape index (κ1) is 74.7. The van der Waals surface area contributed by atoms with Gasteiger partial charge in [0.15, 0.2) is 0 Å². The second-order valence-corrected chi connectivity index (χ2v) is 24.5. The molecule has 1 amide bonds. The number of unbranched alkanes of at least 4 members (excludes halogenated alkanes) is 34. The summed E-state index contributed by atoms with van der Waals surface area (Å²) in [6, 6.07) is -0.910. The van der Waals surface area contributed by atoms with Crippen molar-refractivity contribution in [2.24, 2.45) is 0 Å². The van der Waals surface area contributed by atoms with E-state index in [2.05, 4.69) is 92.1 Å². The van der Waals surface area contributed by atoms with E-state index in [9.17, 15) is 19.4 Å². The van der Waals surface area contributed by atoms with Gasteiger partial charge in [0.1, 0.15) is 13.2 Å². The quantitative estimate of drug-likeness (QED) is 0.0272. The lowest BCUT2D eigenvalue weighted by Crippen LogP contribution is -2.45. The van der Waals surface area contributed by atoms with Gasteiger partial charge in [0, 0.05) is 6.42 Å². The molecule has 0 saturated heterocycles. The van der Waals surface area contributed by atoms with Crippen LogP contribution in [0.15, 0.2) is 85.1 Å². The average molecular weight is 1100 g/mol. The summed E-state index contributed by atoms with van der Waals surface area (Å²) in [5.41, 5.74) is 0. The van der Waals surface area contributed by atoms with Gasteiger partial charge in [0.25, 0.3) is 7.82 Å². The Morgan fingerprint density at radius 3 is 1.21 bits per heavy atom. The third kappa shape index (κ3) is 61.2. The molecule has 0 radical (unpaired) electrons. The Hall–Kier alpha value is -2.32. The van der Waals surface area contributed by atoms with E-state index in [1.165, 1.54) is 199 Å². The van der Waals surface area contributed by atoms with Gasteiger partial charge in [-0.25, -0.2) is 0 Å². The maximum Gasteiger partial charge on any atom is 0.268 e. The predicted molar refractivity (Wildman–Crippen MR) is 334 cm³/mol. The highest BCUT2D eigenvalue weighted by atomic mass is 31.2. The van der Waals surface area contributed by atoms with Gasteiger partial charge in [-0.1, -0.05) is 292 Å². The van der Waals surface area contributed by atoms with E-state index in [0.29, 0.717) is 17.4 Å². The SMILES string of the molecule is CC/C=C\C/C=C\C/C=C\C/C=C\C/C=C\CCCCCCCCCCCCCCCC(=O)NC(COP(=O)([O-])OCC[N+](C)(C)C)C(O)/C=C/CC/C=C/CCCCCCCCCCCCCCCCCCCCCC. The summed E-state index contributed by atoms with van der Waals surface area (Å²) in [4.78, 5) is 25.6. The number of nitrogens with zero attached hydrogens (tertiary/aromatic N) is 1. The number of amides is 1. The molecular weight excluding hydrogens is 972 g/mol. The molecule has 77 heavy (non-hydrogen) atoms. The van der Waals surface area contributed by atoms with E-state index in [0.717, 1.165) is 70.6 Å². The Bertz CT molecular complexity index is 1530. The minimum atomic E-state index is -4.61. The maximum absolute atomic E-state index is 13.0. The molecule has 0 spiro atoms. The van der Waals surface area contributed by atoms with E-state index in [-0.39, 0.29) is 12.5 Å². The van der Waals surface area contributed by atoms with Gasteiger partial charge >= 0.3 is 0 Å². The van der Waals surface area contributed by atoms with Crippen LogP contribution in [0.3, 0.4) is 0 Å². The summed E-state index contributed by atoms with van der Waals surface area (Å²) in [6.45, 7) is 4.54. The lowest BCUT2D eigenvalue weighted by molar-refractivity contribution is -0.870. The summed E-state index contributed by atoms with van der Waals surface area (Å²) in [5.74, 6) is -0.208. The third-order valence-electron chi connectivity index (χ3n) is 14.3. The van der Waals surface area contributed by atoms with Gasteiger partial charge in [-0.05, 0) is 77.0 Å². The van der Waals surface area contributed by atoms with Crippen molar-refractivity contribution in [2.45, 2.75) is 302 Å². The molecule has 0 bridgehead atoms. The van der Waals surface area contributed by atoms with E-state index in [1.807, 2.05) is 27.2 Å². The van der Waals surface area contributed by atoms with Crippen LogP contribution in [0.25, 0.3) is 0 Å². The summed E-state index contributed by atoms with van der Waals surface area (Å²) < 4.78 is 23.4. The molecule has 8 nitrogen and oxygen atoms in total. The second kappa shape index (κ2) is 58.3. The summed E-state index contributed by atoms with van der Waals surface area (Å²) in [5, 5.41) is 13.9. The number of rotatable bonds is 59. The molecule has 0 aromatic rings. The molecule has 3 atom stereocenters. The first-order valence-corrected chi connectivity index (χ1v) is 33.9. The number of aliphatic hydroxyl groups is 1. The fourth-order valence-electron chi connectivity index (χ4n) is 9.32. The number of hydrogen-bond acceptors (Lipinski definition) is 6. The minimum Gasteiger partial charge on any atom is -0.756 e. The second-order valence-electron chi connectivity index (χ2n) is 23.1. The molecule has 0 rings (SSSR count). The number of nitrogens with one attached hydrogen (secondary N) is 1. The number of carbonyl (C=O) groups is 1. The molecule has 0 heterocycles. The zero-order chi connectivity index (χ0) is 56.3. The number of quaternary nitrogens is 1. The maximum atomic E-state index is 13.0. The van der Waals surface area contributed by atoms with Crippen LogP contribution in [0.5, 0.6) is 0 Å². The van der Waals surface area contributed by atoms with Gasteiger partial charge < -0.3 is 28.8 Å². The lowest BCUT2D eigenvalue weighted by Gasteiger charge is -2.29. The molecular formula is C68H125N2O6P. The van der Waals surface area contributed by atoms with Crippen LogP contribution >= 0.6 is 7.82 Å². The molecule has 0 saturated carbocycles. The average Bonchev–Trinajstić information content (AvgIpc) is 3.39. The van der Waals surface area contributed by atoms with Gasteiger partial charge in [-0.2, -0.15) is 0 Å². The van der Waals surface area contributed by atoms with Gasteiger partial charge in [-0.15, -0.1) is 0 Å². The predicted octanol–water partition coefficient (Wildman–Crippen LogP) is 19.7. The van der Waals surface area contributed by atoms with Crippen LogP contribution in [0.1, 0.15) is 290 Å². The Morgan fingerprint density at radius 1 is 0.468 bits per heavy atom. The molecule has 448 valence electrons. The van der Waals surface area contributed by atoms with Crippen molar-refractivity contribution in [3.8, 4) is 0 Å². The fraction of sp³-hybridized carbons (Fsp3) is 0.779. The van der Waals surface area contributed by atoms with Crippen molar-refractivity contribution in [1.82, 2.24) is 5.32 Å². The zero-order valence-corrected chi connectivity index (χ0v) is 52.0. The lowest BCUT2D eigenvalue weighted by atomic mass is 10.0. The van der Waals surface area contributed by atoms with Crippen molar-refractivity contribution < 1.29 is 32.9 Å². The Kier molecular flexibility index (Phi) is 56.6. The van der Waals surface area contributed by atoms with Gasteiger partial charge in [0.2, 0.25) is 5.91 Å². The highest BCUT2D eigenvalue weighted by Gasteiger charge is 2.23. The van der Waals surface area contributed by atoms with Crippen molar-refractivity contribution in [1.29, 1.82) is 0 Å². The van der Waals surface area contributed by atoms with Crippen LogP contribution in [0.4, 0.5) is 0 Å². The number of phosphoric ester groups is 1. The molecule has 0 aromatic carbocycles. The Morgan fingerprint density at radius 2 is 0.805 bits per heavy atom. The number of carbonyl (C=O) groups excluding carboxylic acids is 1. The molecule has 9 heteroatoms. The minimum absolute atomic E-state index is 0.00915. The standard InChI is InChI=1S/C68H125N2O6P/c1-6-8-10-12-14-16-18-20-22-24-26-28-30-32-34-35-36-38-40-42-44-46-48-50-52-54-56-58-60-62-68(72)69-66(65-76-77(73,74)75-64-63-70(3,4)5)67(71)61-59-57-55-53-51-49-47-45-43-41-39-37-33-31-29-27-25-23-21-19-17-15-13-11-9-7-2/h8,10,14,16,20,22,26,28,32,34,51,53,59,61,66-67,71H,6-7,9,11-13,15,17-19,21,23-25,27,29-31,33,35-50,52,54-58,60,62-65H2,1-5H3,(H-,69,72,73,74)/b10-8-,16-14-,22-20-,28-26-,34-32-,53-51+,61-59+. The zero-order valence-electron chi connectivity index (χ0n) is 51.1. The van der Waals surface area contributed by atoms with Crippen LogP contribution in [-0.4, -0.2) is 68.5 Å². The van der Waals surface area contributed by atoms with Crippen molar-refractivity contribution in [3.05, 3.63) is 85.1 Å². The van der Waals surface area contributed by atoms with Crippen LogP contribution in [0, 0.1) is 0 Å². The van der Waals surface area contributed by atoms with E-state index >= 15 is 0 Å². The highest BCUT2D eigenvalue weighted by Crippen LogP contribution is 2.38. The summed E-state index contributed by atoms with van der Waals surface area (Å²) in [7, 11) is 1.24. The third-order valence-corrected chi connectivity index (χ3v) is 15.3. The van der Waals surface area contributed by atoms with Crippen molar-refractivity contribution in [2.75, 3.05) is 40.9 Å². The number of allylic oxidation sites excluding steroid dienone is 13. The largest absolute Gasteiger partial charge is 0.756 e. The van der Waals surface area contributed by atoms with E-state index in [4.69, 9.17) is 9.05 Å². The molecule has 0 aromatic heterocycles. The first-order valence-electron chi connectivity index (χ1n) is 32.4. The smallest absolute Gasteiger partial charge is 0.268 e. The summed E-state index contributed by atoms with van der Waals surface area (Å²) >= 11 is 0. The topological polar surface area (TPSA) is 108 Å². The van der Waals surface area contributed by atoms with Crippen LogP contribution < -0.4 is 10.2 Å². The van der Waals surface area contributed by atoms with Crippen LogP contribution in [0.2, 0.25) is 0 Å². The van der Waals surface area contributed by atoms with Gasteiger partial charge in [-0.3, -0.25) is 9.36 Å². The first-order chi connectivity index (χ1) is 37.5. The normalized spacial score (nSPS) is 14.3. The number of aliphatic hydroxyl groups excluding tert-OH is 1. The molecule has 0 fully saturated rings. The Labute approximate surface area is 477 Å². The van der Waals surface area contributed by atoms with Crippen LogP contribution in [-0.2, 0) is 18.4 Å². The number of hydrogen-bond donors (Lipinski definition) is 2. The van der Waals surface area contributed by atoms with E-state index in [1.54, 1.807) is 6.08 Å². The molecule has 0 aliphatic carbocycles. The fourth-order valence-corrected chi connectivity index (χ4v) is 10.0. The number of likely N-dealkylation sites (N-methyl/N-ethyl adjacent to an activating group) is 1.